The highest BCUT2D eigenvalue weighted by Crippen LogP contribution is 2.29. The molecule has 0 amide bonds. The summed E-state index contributed by atoms with van der Waals surface area (Å²) in [5, 5.41) is 8.76. The van der Waals surface area contributed by atoms with Crippen molar-refractivity contribution < 1.29 is 23.0 Å². The molecule has 0 aliphatic heterocycles. The molecule has 0 unspecified atom stereocenters. The molecular weight excluding hydrogens is 252 g/mol. The number of benzene rings is 1. The summed E-state index contributed by atoms with van der Waals surface area (Å²) in [5.41, 5.74) is -0.107. The van der Waals surface area contributed by atoms with Crippen molar-refractivity contribution in [2.45, 2.75) is 11.5 Å². The van der Waals surface area contributed by atoms with E-state index in [2.05, 4.69) is 22.1 Å². The predicted octanol–water partition coefficient (Wildman–Crippen LogP) is 2.23. The lowest BCUT2D eigenvalue weighted by Crippen LogP contribution is -2.07. The van der Waals surface area contributed by atoms with Crippen LogP contribution in [0.1, 0.15) is 15.9 Å². The van der Waals surface area contributed by atoms with Crippen molar-refractivity contribution in [3.63, 3.8) is 0 Å². The first-order valence-electron chi connectivity index (χ1n) is 4.29. The van der Waals surface area contributed by atoms with Gasteiger partial charge in [-0.3, -0.25) is 0 Å². The fourth-order valence-electron chi connectivity index (χ4n) is 1.11. The van der Waals surface area contributed by atoms with E-state index in [1.807, 2.05) is 0 Å². The smallest absolute Gasteiger partial charge is 0.387 e. The van der Waals surface area contributed by atoms with Gasteiger partial charge in [0.05, 0.1) is 23.1 Å². The lowest BCUT2D eigenvalue weighted by atomic mass is 10.1. The van der Waals surface area contributed by atoms with Crippen molar-refractivity contribution in [1.82, 2.24) is 0 Å². The van der Waals surface area contributed by atoms with Gasteiger partial charge in [0.1, 0.15) is 11.8 Å². The summed E-state index contributed by atoms with van der Waals surface area (Å²) < 4.78 is 32.8. The number of esters is 1. The normalized spacial score (nSPS) is 9.88. The Bertz CT molecular complexity index is 485. The first-order chi connectivity index (χ1) is 7.99. The van der Waals surface area contributed by atoms with Crippen LogP contribution in [-0.4, -0.2) is 19.7 Å². The molecule has 0 aliphatic carbocycles. The summed E-state index contributed by atoms with van der Waals surface area (Å²) in [7, 11) is 1.14. The van der Waals surface area contributed by atoms with E-state index in [0.29, 0.717) is 0 Å². The van der Waals surface area contributed by atoms with Gasteiger partial charge in [0.2, 0.25) is 0 Å². The Labute approximate surface area is 101 Å². The van der Waals surface area contributed by atoms with Gasteiger partial charge in [0.15, 0.2) is 0 Å². The van der Waals surface area contributed by atoms with Crippen LogP contribution in [0.4, 0.5) is 8.78 Å². The van der Waals surface area contributed by atoms with Crippen molar-refractivity contribution in [3.8, 4) is 11.8 Å². The molecule has 0 saturated carbocycles. The predicted molar refractivity (Wildman–Crippen MR) is 56.4 cm³/mol. The van der Waals surface area contributed by atoms with Crippen LogP contribution in [0.2, 0.25) is 0 Å². The van der Waals surface area contributed by atoms with Crippen LogP contribution in [0, 0.1) is 11.3 Å². The highest BCUT2D eigenvalue weighted by molar-refractivity contribution is 7.80. The Balaban J connectivity index is 3.29. The van der Waals surface area contributed by atoms with E-state index in [4.69, 9.17) is 5.26 Å². The second-order valence-electron chi connectivity index (χ2n) is 2.85. The SMILES string of the molecule is COC(=O)c1cc(C#N)c(S)c(OC(F)F)c1. The van der Waals surface area contributed by atoms with E-state index in [-0.39, 0.29) is 21.8 Å². The number of hydrogen-bond donors (Lipinski definition) is 1. The Morgan fingerprint density at radius 1 is 1.53 bits per heavy atom. The highest BCUT2D eigenvalue weighted by Gasteiger charge is 2.16. The summed E-state index contributed by atoms with van der Waals surface area (Å²) in [5.74, 6) is -1.10. The molecule has 1 aromatic carbocycles. The number of alkyl halides is 2. The molecule has 7 heteroatoms. The third-order valence-corrected chi connectivity index (χ3v) is 2.29. The summed E-state index contributed by atoms with van der Waals surface area (Å²) in [6.07, 6.45) is 0. The second-order valence-corrected chi connectivity index (χ2v) is 3.30. The van der Waals surface area contributed by atoms with E-state index in [1.165, 1.54) is 6.07 Å². The van der Waals surface area contributed by atoms with Crippen LogP contribution >= 0.6 is 12.6 Å². The van der Waals surface area contributed by atoms with Gasteiger partial charge in [-0.1, -0.05) is 0 Å². The number of halogens is 2. The van der Waals surface area contributed by atoms with Gasteiger partial charge in [-0.05, 0) is 12.1 Å². The summed E-state index contributed by atoms with van der Waals surface area (Å²) in [6, 6.07) is 3.95. The molecule has 0 fully saturated rings. The van der Waals surface area contributed by atoms with Crippen molar-refractivity contribution in [2.24, 2.45) is 0 Å². The number of hydrogen-bond acceptors (Lipinski definition) is 5. The molecule has 0 saturated heterocycles. The zero-order valence-corrected chi connectivity index (χ0v) is 9.50. The Hall–Kier alpha value is -1.81. The minimum absolute atomic E-state index is 0.0492. The average Bonchev–Trinajstić information content (AvgIpc) is 2.30. The van der Waals surface area contributed by atoms with Crippen LogP contribution in [0.5, 0.6) is 5.75 Å². The average molecular weight is 259 g/mol. The van der Waals surface area contributed by atoms with Crippen molar-refractivity contribution >= 4 is 18.6 Å². The number of ether oxygens (including phenoxy) is 2. The summed E-state index contributed by atoms with van der Waals surface area (Å²) in [4.78, 5) is 11.2. The fraction of sp³-hybridized carbons (Fsp3) is 0.200. The van der Waals surface area contributed by atoms with Crippen molar-refractivity contribution in [3.05, 3.63) is 23.3 Å². The molecule has 17 heavy (non-hydrogen) atoms. The molecule has 0 aromatic heterocycles. The third-order valence-electron chi connectivity index (χ3n) is 1.83. The molecule has 0 atom stereocenters. The maximum Gasteiger partial charge on any atom is 0.387 e. The highest BCUT2D eigenvalue weighted by atomic mass is 32.1. The Morgan fingerprint density at radius 3 is 2.65 bits per heavy atom. The number of nitriles is 1. The zero-order chi connectivity index (χ0) is 13.0. The monoisotopic (exact) mass is 259 g/mol. The van der Waals surface area contributed by atoms with E-state index < -0.39 is 12.6 Å². The van der Waals surface area contributed by atoms with Gasteiger partial charge in [0.25, 0.3) is 0 Å². The molecule has 1 aromatic rings. The molecule has 0 radical (unpaired) electrons. The molecule has 4 nitrogen and oxygen atoms in total. The lowest BCUT2D eigenvalue weighted by Gasteiger charge is -2.10. The maximum atomic E-state index is 12.1. The number of carbonyl (C=O) groups excluding carboxylic acids is 1. The number of thiol groups is 1. The van der Waals surface area contributed by atoms with Crippen LogP contribution in [-0.2, 0) is 4.74 Å². The van der Waals surface area contributed by atoms with E-state index >= 15 is 0 Å². The topological polar surface area (TPSA) is 59.3 Å². The number of methoxy groups -OCH3 is 1. The number of rotatable bonds is 3. The van der Waals surface area contributed by atoms with Crippen LogP contribution in [0.25, 0.3) is 0 Å². The van der Waals surface area contributed by atoms with Gasteiger partial charge in [-0.25, -0.2) is 4.79 Å². The van der Waals surface area contributed by atoms with E-state index in [1.54, 1.807) is 6.07 Å². The minimum atomic E-state index is -3.07. The van der Waals surface area contributed by atoms with Gasteiger partial charge in [-0.15, -0.1) is 12.6 Å². The summed E-state index contributed by atoms with van der Waals surface area (Å²) in [6.45, 7) is -3.07. The summed E-state index contributed by atoms with van der Waals surface area (Å²) >= 11 is 3.88. The molecular formula is C10H7F2NO3S. The first-order valence-corrected chi connectivity index (χ1v) is 4.74. The number of nitrogens with zero attached hydrogens (tertiary/aromatic N) is 1. The lowest BCUT2D eigenvalue weighted by molar-refractivity contribution is -0.0517. The van der Waals surface area contributed by atoms with E-state index in [0.717, 1.165) is 13.2 Å². The molecule has 90 valence electrons. The van der Waals surface area contributed by atoms with Gasteiger partial charge < -0.3 is 9.47 Å². The molecule has 0 spiro atoms. The van der Waals surface area contributed by atoms with Gasteiger partial charge >= 0.3 is 12.6 Å². The third kappa shape index (κ3) is 3.07. The fourth-order valence-corrected chi connectivity index (χ4v) is 1.35. The maximum absolute atomic E-state index is 12.1. The van der Waals surface area contributed by atoms with Crippen LogP contribution in [0.3, 0.4) is 0 Å². The van der Waals surface area contributed by atoms with Gasteiger partial charge in [0, 0.05) is 0 Å². The van der Waals surface area contributed by atoms with Crippen LogP contribution in [0.15, 0.2) is 17.0 Å². The molecule has 0 N–H and O–H groups in total. The molecule has 0 bridgehead atoms. The quantitative estimate of drug-likeness (QED) is 0.668. The number of carbonyl (C=O) groups is 1. The molecule has 0 heterocycles. The zero-order valence-electron chi connectivity index (χ0n) is 8.61. The first kappa shape index (κ1) is 13.3. The Kier molecular flexibility index (Phi) is 4.29. The molecule has 0 aliphatic rings. The largest absolute Gasteiger partial charge is 0.465 e. The van der Waals surface area contributed by atoms with Crippen molar-refractivity contribution in [1.29, 1.82) is 5.26 Å². The van der Waals surface area contributed by atoms with Crippen molar-refractivity contribution in [2.75, 3.05) is 7.11 Å². The minimum Gasteiger partial charge on any atom is -0.465 e. The Morgan fingerprint density at radius 2 is 2.18 bits per heavy atom. The second kappa shape index (κ2) is 5.50. The molecule has 1 rings (SSSR count). The standard InChI is InChI=1S/C10H7F2NO3S/c1-15-9(14)5-2-6(4-13)8(17)7(3-5)16-10(11)12/h2-3,10,17H,1H3. The van der Waals surface area contributed by atoms with Gasteiger partial charge in [-0.2, -0.15) is 14.0 Å². The van der Waals surface area contributed by atoms with Crippen LogP contribution < -0.4 is 4.74 Å². The van der Waals surface area contributed by atoms with E-state index in [9.17, 15) is 13.6 Å².